The molecule has 1 fully saturated rings. The third-order valence-corrected chi connectivity index (χ3v) is 5.82. The zero-order valence-electron chi connectivity index (χ0n) is 16.9. The van der Waals surface area contributed by atoms with Gasteiger partial charge in [-0.1, -0.05) is 24.3 Å². The van der Waals surface area contributed by atoms with Gasteiger partial charge in [-0.2, -0.15) is 0 Å². The summed E-state index contributed by atoms with van der Waals surface area (Å²) in [5, 5.41) is 9.03. The lowest BCUT2D eigenvalue weighted by atomic mass is 10.0. The highest BCUT2D eigenvalue weighted by Crippen LogP contribution is 2.27. The van der Waals surface area contributed by atoms with Crippen molar-refractivity contribution in [2.24, 2.45) is 0 Å². The van der Waals surface area contributed by atoms with Gasteiger partial charge in [-0.05, 0) is 68.6 Å². The van der Waals surface area contributed by atoms with Gasteiger partial charge in [0, 0.05) is 24.6 Å². The lowest BCUT2D eigenvalue weighted by Crippen LogP contribution is -2.29. The minimum absolute atomic E-state index is 0.288. The first-order valence-electron chi connectivity index (χ1n) is 10.2. The van der Waals surface area contributed by atoms with Crippen LogP contribution in [0.15, 0.2) is 52.9 Å². The molecule has 2 heterocycles. The summed E-state index contributed by atoms with van der Waals surface area (Å²) >= 11 is 0. The summed E-state index contributed by atoms with van der Waals surface area (Å²) in [6, 6.07) is 15.6. The van der Waals surface area contributed by atoms with Crippen LogP contribution in [0.25, 0.3) is 22.6 Å². The van der Waals surface area contributed by atoms with Crippen LogP contribution < -0.4 is 0 Å². The van der Waals surface area contributed by atoms with E-state index < -0.39 is 5.97 Å². The maximum Gasteiger partial charge on any atom is 0.335 e. The Balaban J connectivity index is 1.47. The van der Waals surface area contributed by atoms with E-state index in [-0.39, 0.29) is 5.56 Å². The summed E-state index contributed by atoms with van der Waals surface area (Å²) in [5.41, 5.74) is 4.27. The molecule has 1 N–H and O–H groups in total. The van der Waals surface area contributed by atoms with E-state index in [2.05, 4.69) is 11.8 Å². The number of hydrogen-bond donors (Lipinski definition) is 1. The second-order valence-corrected chi connectivity index (χ2v) is 7.76. The average Bonchev–Trinajstić information content (AvgIpc) is 3.31. The Morgan fingerprint density at radius 3 is 2.31 bits per heavy atom. The Bertz CT molecular complexity index is 990. The molecule has 0 bridgehead atoms. The van der Waals surface area contributed by atoms with Crippen molar-refractivity contribution >= 4 is 5.97 Å². The van der Waals surface area contributed by atoms with Gasteiger partial charge in [0.1, 0.15) is 5.76 Å². The van der Waals surface area contributed by atoms with Gasteiger partial charge in [-0.15, -0.1) is 0 Å². The number of aromatic nitrogens is 1. The van der Waals surface area contributed by atoms with E-state index in [9.17, 15) is 4.79 Å². The molecule has 4 rings (SSSR count). The number of nitrogens with zero attached hydrogens (tertiary/aromatic N) is 2. The Morgan fingerprint density at radius 1 is 1.10 bits per heavy atom. The summed E-state index contributed by atoms with van der Waals surface area (Å²) in [6.45, 7) is 6.49. The molecule has 1 aliphatic heterocycles. The monoisotopic (exact) mass is 390 g/mol. The number of oxazole rings is 1. The molecule has 1 saturated heterocycles. The number of likely N-dealkylation sites (tertiary alicyclic amines) is 1. The molecule has 0 radical (unpaired) electrons. The average molecular weight is 390 g/mol. The van der Waals surface area contributed by atoms with Crippen LogP contribution in [0, 0.1) is 6.92 Å². The van der Waals surface area contributed by atoms with E-state index in [1.807, 2.05) is 43.3 Å². The van der Waals surface area contributed by atoms with Crippen LogP contribution in [0.1, 0.15) is 41.6 Å². The smallest absolute Gasteiger partial charge is 0.335 e. The van der Waals surface area contributed by atoms with Crippen molar-refractivity contribution in [1.29, 1.82) is 0 Å². The van der Waals surface area contributed by atoms with Crippen LogP contribution in [-0.2, 0) is 6.42 Å². The Kier molecular flexibility index (Phi) is 5.49. The maximum atomic E-state index is 11.0. The van der Waals surface area contributed by atoms with Crippen molar-refractivity contribution in [3.05, 3.63) is 65.5 Å². The van der Waals surface area contributed by atoms with Gasteiger partial charge >= 0.3 is 5.97 Å². The standard InChI is InChI=1S/C24H26N2O3/c1-16-4-3-14-26(16)15-13-22-17(2)29-23(25-22)20-9-5-18(6-10-20)19-7-11-21(12-8-19)24(27)28/h5-12,16H,3-4,13-15H2,1-2H3,(H,27,28)/t16-/m1/s1. The molecule has 5 nitrogen and oxygen atoms in total. The Morgan fingerprint density at radius 2 is 1.72 bits per heavy atom. The van der Waals surface area contributed by atoms with Gasteiger partial charge in [0.25, 0.3) is 0 Å². The molecule has 0 amide bonds. The summed E-state index contributed by atoms with van der Waals surface area (Å²) in [4.78, 5) is 18.3. The fourth-order valence-electron chi connectivity index (χ4n) is 3.97. The Hall–Kier alpha value is -2.92. The molecule has 2 aromatic carbocycles. The first-order valence-corrected chi connectivity index (χ1v) is 10.2. The van der Waals surface area contributed by atoms with E-state index in [1.165, 1.54) is 19.4 Å². The normalized spacial score (nSPS) is 17.0. The van der Waals surface area contributed by atoms with Crippen molar-refractivity contribution < 1.29 is 14.3 Å². The molecule has 0 spiro atoms. The molecule has 1 aliphatic rings. The van der Waals surface area contributed by atoms with Crippen molar-refractivity contribution in [1.82, 2.24) is 9.88 Å². The zero-order valence-corrected chi connectivity index (χ0v) is 16.9. The van der Waals surface area contributed by atoms with Gasteiger partial charge in [0.05, 0.1) is 11.3 Å². The number of hydrogen-bond acceptors (Lipinski definition) is 4. The topological polar surface area (TPSA) is 66.6 Å². The summed E-state index contributed by atoms with van der Waals surface area (Å²) in [7, 11) is 0. The van der Waals surface area contributed by atoms with E-state index in [1.54, 1.807) is 12.1 Å². The van der Waals surface area contributed by atoms with Gasteiger partial charge in [-0.25, -0.2) is 9.78 Å². The largest absolute Gasteiger partial charge is 0.478 e. The predicted molar refractivity (Wildman–Crippen MR) is 113 cm³/mol. The van der Waals surface area contributed by atoms with Crippen LogP contribution in [-0.4, -0.2) is 40.1 Å². The molecule has 0 unspecified atom stereocenters. The molecule has 0 aliphatic carbocycles. The summed E-state index contributed by atoms with van der Waals surface area (Å²) in [5.74, 6) is 0.626. The molecule has 1 atom stereocenters. The van der Waals surface area contributed by atoms with Crippen molar-refractivity contribution in [3.63, 3.8) is 0 Å². The minimum Gasteiger partial charge on any atom is -0.478 e. The first-order chi connectivity index (χ1) is 14.0. The highest BCUT2D eigenvalue weighted by atomic mass is 16.4. The summed E-state index contributed by atoms with van der Waals surface area (Å²) < 4.78 is 5.94. The SMILES string of the molecule is Cc1oc(-c2ccc(-c3ccc(C(=O)O)cc3)cc2)nc1CCN1CCC[C@H]1C. The number of carboxylic acid groups (broad SMARTS) is 1. The minimum atomic E-state index is -0.916. The highest BCUT2D eigenvalue weighted by Gasteiger charge is 2.21. The lowest BCUT2D eigenvalue weighted by molar-refractivity contribution is 0.0697. The zero-order chi connectivity index (χ0) is 20.4. The molecule has 5 heteroatoms. The molecular formula is C24H26N2O3. The van der Waals surface area contributed by atoms with Crippen LogP contribution >= 0.6 is 0 Å². The highest BCUT2D eigenvalue weighted by molar-refractivity contribution is 5.88. The van der Waals surface area contributed by atoms with Gasteiger partial charge in [-0.3, -0.25) is 0 Å². The number of aryl methyl sites for hydroxylation is 1. The third-order valence-electron chi connectivity index (χ3n) is 5.82. The van der Waals surface area contributed by atoms with E-state index >= 15 is 0 Å². The second-order valence-electron chi connectivity index (χ2n) is 7.76. The number of rotatable bonds is 6. The molecule has 0 saturated carbocycles. The number of carbonyl (C=O) groups is 1. The van der Waals surface area contributed by atoms with Crippen LogP contribution in [0.2, 0.25) is 0 Å². The van der Waals surface area contributed by atoms with Crippen molar-refractivity contribution in [2.45, 2.75) is 39.2 Å². The van der Waals surface area contributed by atoms with Gasteiger partial charge in [0.2, 0.25) is 5.89 Å². The Labute approximate surface area is 171 Å². The molecule has 29 heavy (non-hydrogen) atoms. The molecule has 1 aromatic heterocycles. The second kappa shape index (κ2) is 8.21. The van der Waals surface area contributed by atoms with Crippen molar-refractivity contribution in [3.8, 4) is 22.6 Å². The molecular weight excluding hydrogens is 364 g/mol. The van der Waals surface area contributed by atoms with E-state index in [0.717, 1.165) is 41.1 Å². The molecule has 150 valence electrons. The summed E-state index contributed by atoms with van der Waals surface area (Å²) in [6.07, 6.45) is 3.48. The predicted octanol–water partition coefficient (Wildman–Crippen LogP) is 5.04. The third kappa shape index (κ3) is 4.25. The molecule has 3 aromatic rings. The van der Waals surface area contributed by atoms with E-state index in [4.69, 9.17) is 14.5 Å². The van der Waals surface area contributed by atoms with Crippen LogP contribution in [0.3, 0.4) is 0 Å². The fraction of sp³-hybridized carbons (Fsp3) is 0.333. The van der Waals surface area contributed by atoms with Crippen LogP contribution in [0.4, 0.5) is 0 Å². The fourth-order valence-corrected chi connectivity index (χ4v) is 3.97. The van der Waals surface area contributed by atoms with Crippen LogP contribution in [0.5, 0.6) is 0 Å². The van der Waals surface area contributed by atoms with Crippen molar-refractivity contribution in [2.75, 3.05) is 13.1 Å². The first kappa shape index (κ1) is 19.4. The van der Waals surface area contributed by atoms with Gasteiger partial charge < -0.3 is 14.4 Å². The van der Waals surface area contributed by atoms with E-state index in [0.29, 0.717) is 11.9 Å². The number of benzene rings is 2. The number of aromatic carboxylic acids is 1. The maximum absolute atomic E-state index is 11.0. The van der Waals surface area contributed by atoms with Gasteiger partial charge in [0.15, 0.2) is 0 Å². The lowest BCUT2D eigenvalue weighted by Gasteiger charge is -2.20. The quantitative estimate of drug-likeness (QED) is 0.638. The number of carboxylic acids is 1.